The van der Waals surface area contributed by atoms with Crippen molar-refractivity contribution in [1.82, 2.24) is 0 Å². The summed E-state index contributed by atoms with van der Waals surface area (Å²) in [4.78, 5) is 16.4. The predicted octanol–water partition coefficient (Wildman–Crippen LogP) is 3.35. The highest BCUT2D eigenvalue weighted by atomic mass is 16.6. The quantitative estimate of drug-likeness (QED) is 0.850. The SMILES string of the molecule is CC(=O)C1CC(c2ccc(OCc3ccccc3)cc2)=NO1. The number of oxime groups is 1. The Bertz CT molecular complexity index is 677. The minimum absolute atomic E-state index is 0.00145. The van der Waals surface area contributed by atoms with E-state index in [2.05, 4.69) is 5.16 Å². The van der Waals surface area contributed by atoms with Gasteiger partial charge >= 0.3 is 0 Å². The summed E-state index contributed by atoms with van der Waals surface area (Å²) in [5.41, 5.74) is 2.88. The molecule has 0 saturated heterocycles. The standard InChI is InChI=1S/C18H17NO3/c1-13(20)18-11-17(19-22-18)15-7-9-16(10-8-15)21-12-14-5-3-2-4-6-14/h2-10,18H,11-12H2,1H3. The van der Waals surface area contributed by atoms with E-state index in [1.54, 1.807) is 0 Å². The molecule has 0 fully saturated rings. The molecule has 4 nitrogen and oxygen atoms in total. The first-order chi connectivity index (χ1) is 10.7. The molecule has 4 heteroatoms. The molecule has 0 spiro atoms. The maximum Gasteiger partial charge on any atom is 0.190 e. The van der Waals surface area contributed by atoms with E-state index in [-0.39, 0.29) is 5.78 Å². The monoisotopic (exact) mass is 295 g/mol. The van der Waals surface area contributed by atoms with Gasteiger partial charge in [0, 0.05) is 6.42 Å². The number of carbonyl (C=O) groups excluding carboxylic acids is 1. The highest BCUT2D eigenvalue weighted by Gasteiger charge is 2.25. The molecular formula is C18H17NO3. The van der Waals surface area contributed by atoms with E-state index in [0.717, 1.165) is 22.6 Å². The number of hydrogen-bond acceptors (Lipinski definition) is 4. The average Bonchev–Trinajstić information content (AvgIpc) is 3.05. The zero-order valence-electron chi connectivity index (χ0n) is 12.4. The van der Waals surface area contributed by atoms with Crippen molar-refractivity contribution in [1.29, 1.82) is 0 Å². The van der Waals surface area contributed by atoms with E-state index in [1.165, 1.54) is 6.92 Å². The third kappa shape index (κ3) is 3.34. The highest BCUT2D eigenvalue weighted by Crippen LogP contribution is 2.20. The Morgan fingerprint density at radius 3 is 2.55 bits per heavy atom. The fourth-order valence-corrected chi connectivity index (χ4v) is 2.25. The van der Waals surface area contributed by atoms with E-state index in [4.69, 9.17) is 9.57 Å². The number of ketones is 1. The van der Waals surface area contributed by atoms with Crippen LogP contribution in [0.3, 0.4) is 0 Å². The van der Waals surface area contributed by atoms with Crippen LogP contribution in [-0.4, -0.2) is 17.6 Å². The minimum atomic E-state index is -0.441. The number of ether oxygens (including phenoxy) is 1. The second kappa shape index (κ2) is 6.43. The summed E-state index contributed by atoms with van der Waals surface area (Å²) < 4.78 is 5.74. The smallest absolute Gasteiger partial charge is 0.190 e. The van der Waals surface area contributed by atoms with Gasteiger partial charge in [0.15, 0.2) is 11.9 Å². The third-order valence-electron chi connectivity index (χ3n) is 3.56. The molecule has 0 saturated carbocycles. The first-order valence-electron chi connectivity index (χ1n) is 7.22. The molecule has 22 heavy (non-hydrogen) atoms. The Morgan fingerprint density at radius 1 is 1.18 bits per heavy atom. The fraction of sp³-hybridized carbons (Fsp3) is 0.222. The lowest BCUT2D eigenvalue weighted by Crippen LogP contribution is -2.17. The zero-order valence-corrected chi connectivity index (χ0v) is 12.4. The lowest BCUT2D eigenvalue weighted by atomic mass is 10.0. The summed E-state index contributed by atoms with van der Waals surface area (Å²) in [6, 6.07) is 17.7. The van der Waals surface area contributed by atoms with E-state index < -0.39 is 6.10 Å². The minimum Gasteiger partial charge on any atom is -0.489 e. The van der Waals surface area contributed by atoms with Gasteiger partial charge in [-0.3, -0.25) is 4.79 Å². The van der Waals surface area contributed by atoms with Crippen molar-refractivity contribution in [2.24, 2.45) is 5.16 Å². The summed E-state index contributed by atoms with van der Waals surface area (Å²) in [6.07, 6.45) is 0.0866. The van der Waals surface area contributed by atoms with Crippen molar-refractivity contribution in [3.63, 3.8) is 0 Å². The maximum absolute atomic E-state index is 11.3. The molecule has 1 heterocycles. The molecule has 2 aromatic rings. The van der Waals surface area contributed by atoms with Crippen LogP contribution in [0, 0.1) is 0 Å². The summed E-state index contributed by atoms with van der Waals surface area (Å²) in [5, 5.41) is 3.99. The topological polar surface area (TPSA) is 47.9 Å². The molecular weight excluding hydrogens is 278 g/mol. The van der Waals surface area contributed by atoms with Gasteiger partial charge in [0.2, 0.25) is 0 Å². The molecule has 3 rings (SSSR count). The third-order valence-corrected chi connectivity index (χ3v) is 3.56. The van der Waals surface area contributed by atoms with Crippen LogP contribution in [0.5, 0.6) is 5.75 Å². The summed E-state index contributed by atoms with van der Waals surface area (Å²) >= 11 is 0. The fourth-order valence-electron chi connectivity index (χ4n) is 2.25. The molecule has 0 aromatic heterocycles. The normalized spacial score (nSPS) is 16.8. The van der Waals surface area contributed by atoms with Crippen LogP contribution in [0.2, 0.25) is 0 Å². The summed E-state index contributed by atoms with van der Waals surface area (Å²) in [5.74, 6) is 0.803. The van der Waals surface area contributed by atoms with Gasteiger partial charge in [-0.25, -0.2) is 0 Å². The Hall–Kier alpha value is -2.62. The first-order valence-corrected chi connectivity index (χ1v) is 7.22. The molecule has 112 valence electrons. The molecule has 0 aliphatic carbocycles. The molecule has 1 aliphatic heterocycles. The lowest BCUT2D eigenvalue weighted by Gasteiger charge is -2.07. The van der Waals surface area contributed by atoms with E-state index in [1.807, 2.05) is 54.6 Å². The van der Waals surface area contributed by atoms with Crippen molar-refractivity contribution in [2.75, 3.05) is 0 Å². The predicted molar refractivity (Wildman–Crippen MR) is 83.9 cm³/mol. The Morgan fingerprint density at radius 2 is 1.91 bits per heavy atom. The number of Topliss-reactive ketones (excluding diaryl/α,β-unsaturated/α-hetero) is 1. The maximum atomic E-state index is 11.3. The molecule has 2 aromatic carbocycles. The van der Waals surface area contributed by atoms with Crippen LogP contribution in [-0.2, 0) is 16.2 Å². The van der Waals surface area contributed by atoms with Gasteiger partial charge in [0.1, 0.15) is 12.4 Å². The van der Waals surface area contributed by atoms with E-state index >= 15 is 0 Å². The number of nitrogens with zero attached hydrogens (tertiary/aromatic N) is 1. The van der Waals surface area contributed by atoms with Gasteiger partial charge in [-0.15, -0.1) is 0 Å². The van der Waals surface area contributed by atoms with E-state index in [9.17, 15) is 4.79 Å². The summed E-state index contributed by atoms with van der Waals surface area (Å²) in [7, 11) is 0. The largest absolute Gasteiger partial charge is 0.489 e. The van der Waals surface area contributed by atoms with E-state index in [0.29, 0.717) is 13.0 Å². The Labute approximate surface area is 129 Å². The number of carbonyl (C=O) groups is 1. The van der Waals surface area contributed by atoms with Crippen LogP contribution < -0.4 is 4.74 Å². The number of benzene rings is 2. The second-order valence-electron chi connectivity index (χ2n) is 5.25. The molecule has 0 N–H and O–H groups in total. The average molecular weight is 295 g/mol. The molecule has 0 bridgehead atoms. The van der Waals surface area contributed by atoms with Gasteiger partial charge in [0.05, 0.1) is 5.71 Å². The van der Waals surface area contributed by atoms with Gasteiger partial charge in [-0.1, -0.05) is 35.5 Å². The number of rotatable bonds is 5. The molecule has 0 amide bonds. The van der Waals surface area contributed by atoms with Crippen molar-refractivity contribution < 1.29 is 14.4 Å². The Balaban J connectivity index is 1.60. The van der Waals surface area contributed by atoms with Crippen molar-refractivity contribution in [2.45, 2.75) is 26.1 Å². The van der Waals surface area contributed by atoms with Crippen molar-refractivity contribution in [3.8, 4) is 5.75 Å². The molecule has 0 radical (unpaired) electrons. The van der Waals surface area contributed by atoms with Crippen LogP contribution in [0.4, 0.5) is 0 Å². The molecule has 1 unspecified atom stereocenters. The molecule has 1 atom stereocenters. The van der Waals surface area contributed by atoms with Gasteiger partial charge in [-0.2, -0.15) is 0 Å². The van der Waals surface area contributed by atoms with Crippen LogP contribution in [0.1, 0.15) is 24.5 Å². The van der Waals surface area contributed by atoms with Gasteiger partial charge in [-0.05, 0) is 42.3 Å². The highest BCUT2D eigenvalue weighted by molar-refractivity contribution is 6.04. The number of hydrogen-bond donors (Lipinski definition) is 0. The van der Waals surface area contributed by atoms with Gasteiger partial charge in [0.25, 0.3) is 0 Å². The Kier molecular flexibility index (Phi) is 4.19. The summed E-state index contributed by atoms with van der Waals surface area (Å²) in [6.45, 7) is 2.06. The van der Waals surface area contributed by atoms with Crippen molar-refractivity contribution >= 4 is 11.5 Å². The van der Waals surface area contributed by atoms with Crippen LogP contribution in [0.25, 0.3) is 0 Å². The van der Waals surface area contributed by atoms with Crippen LogP contribution in [0.15, 0.2) is 59.8 Å². The lowest BCUT2D eigenvalue weighted by molar-refractivity contribution is -0.126. The first kappa shape index (κ1) is 14.3. The molecule has 1 aliphatic rings. The van der Waals surface area contributed by atoms with Crippen molar-refractivity contribution in [3.05, 3.63) is 65.7 Å². The van der Waals surface area contributed by atoms with Crippen LogP contribution >= 0.6 is 0 Å². The zero-order chi connectivity index (χ0) is 15.4. The second-order valence-corrected chi connectivity index (χ2v) is 5.25. The van der Waals surface area contributed by atoms with Gasteiger partial charge < -0.3 is 9.57 Å².